The van der Waals surface area contributed by atoms with Crippen LogP contribution in [0.5, 0.6) is 0 Å². The fourth-order valence-electron chi connectivity index (χ4n) is 3.85. The highest BCUT2D eigenvalue weighted by Crippen LogP contribution is 2.25. The summed E-state index contributed by atoms with van der Waals surface area (Å²) in [5, 5.41) is 22.8. The zero-order valence-corrected chi connectivity index (χ0v) is 20.4. The Bertz CT molecular complexity index is 1560. The van der Waals surface area contributed by atoms with Gasteiger partial charge in [0.2, 0.25) is 0 Å². The highest BCUT2D eigenvalue weighted by molar-refractivity contribution is 7.18. The molecule has 4 heterocycles. The van der Waals surface area contributed by atoms with Gasteiger partial charge in [-0.15, -0.1) is 0 Å². The maximum Gasteiger partial charge on any atom is 0.407 e. The summed E-state index contributed by atoms with van der Waals surface area (Å²) in [6.07, 6.45) is 2.72. The van der Waals surface area contributed by atoms with Crippen LogP contribution in [0.15, 0.2) is 42.9 Å². The number of thiazole rings is 1. The van der Waals surface area contributed by atoms with Gasteiger partial charge in [0.15, 0.2) is 5.82 Å². The number of halogens is 1. The van der Waals surface area contributed by atoms with Crippen LogP contribution in [0.25, 0.3) is 21.4 Å². The Morgan fingerprint density at radius 2 is 2.00 bits per heavy atom. The van der Waals surface area contributed by atoms with Crippen LogP contribution in [0.2, 0.25) is 0 Å². The average Bonchev–Trinajstić information content (AvgIpc) is 3.51. The van der Waals surface area contributed by atoms with Gasteiger partial charge in [-0.05, 0) is 29.8 Å². The van der Waals surface area contributed by atoms with Gasteiger partial charge in [0.25, 0.3) is 0 Å². The molecule has 11 nitrogen and oxygen atoms in total. The van der Waals surface area contributed by atoms with Crippen LogP contribution >= 0.6 is 11.3 Å². The van der Waals surface area contributed by atoms with E-state index in [4.69, 9.17) is 0 Å². The number of H-pyrrole nitrogens is 1. The second-order valence-corrected chi connectivity index (χ2v) is 9.29. The smallest absolute Gasteiger partial charge is 0.407 e. The quantitative estimate of drug-likeness (QED) is 0.216. The van der Waals surface area contributed by atoms with Crippen molar-refractivity contribution in [1.29, 1.82) is 0 Å². The number of pyridine rings is 1. The van der Waals surface area contributed by atoms with Crippen molar-refractivity contribution in [2.45, 2.75) is 26.0 Å². The van der Waals surface area contributed by atoms with E-state index in [1.165, 1.54) is 40.9 Å². The monoisotopic (exact) mass is 522 g/mol. The molecule has 1 aromatic carbocycles. The van der Waals surface area contributed by atoms with Gasteiger partial charge in [-0.25, -0.2) is 29.1 Å². The number of carbonyl (C=O) groups is 1. The number of hydrogen-bond donors (Lipinski definition) is 4. The third kappa shape index (κ3) is 5.62. The molecule has 0 saturated heterocycles. The third-order valence-corrected chi connectivity index (χ3v) is 6.78. The lowest BCUT2D eigenvalue weighted by atomic mass is 10.2. The zero-order valence-electron chi connectivity index (χ0n) is 19.6. The van der Waals surface area contributed by atoms with Crippen molar-refractivity contribution < 1.29 is 19.4 Å². The molecule has 0 atom stereocenters. The number of aliphatic hydroxyl groups excluding tert-OH is 1. The van der Waals surface area contributed by atoms with Crippen LogP contribution in [0.3, 0.4) is 0 Å². The van der Waals surface area contributed by atoms with Crippen LogP contribution < -0.4 is 5.32 Å². The Kier molecular flexibility index (Phi) is 7.14. The zero-order chi connectivity index (χ0) is 25.8. The fraction of sp³-hybridized carbons (Fsp3) is 0.250. The molecule has 190 valence electrons. The molecule has 4 N–H and O–H groups in total. The Labute approximate surface area is 214 Å². The van der Waals surface area contributed by atoms with Crippen molar-refractivity contribution in [2.75, 3.05) is 18.4 Å². The second kappa shape index (κ2) is 10.8. The maximum atomic E-state index is 13.9. The summed E-state index contributed by atoms with van der Waals surface area (Å²) in [6, 6.07) is 8.32. The van der Waals surface area contributed by atoms with Crippen LogP contribution in [0.1, 0.15) is 22.1 Å². The molecule has 0 bridgehead atoms. The number of aromatic amines is 1. The predicted octanol–water partition coefficient (Wildman–Crippen LogP) is 3.37. The molecule has 0 saturated carbocycles. The minimum absolute atomic E-state index is 0.0607. The molecule has 0 aliphatic rings. The molecule has 4 aromatic heterocycles. The van der Waals surface area contributed by atoms with Crippen molar-refractivity contribution in [3.63, 3.8) is 0 Å². The number of benzene rings is 1. The summed E-state index contributed by atoms with van der Waals surface area (Å²) in [5.41, 5.74) is 3.15. The molecule has 1 amide bonds. The van der Waals surface area contributed by atoms with E-state index < -0.39 is 11.9 Å². The van der Waals surface area contributed by atoms with Crippen molar-refractivity contribution in [3.8, 4) is 0 Å². The summed E-state index contributed by atoms with van der Waals surface area (Å²) in [5.74, 6) is 0.721. The van der Waals surface area contributed by atoms with Crippen molar-refractivity contribution in [3.05, 3.63) is 70.8 Å². The first-order valence-electron chi connectivity index (χ1n) is 11.5. The van der Waals surface area contributed by atoms with Crippen LogP contribution in [-0.2, 0) is 26.0 Å². The minimum atomic E-state index is -1.03. The van der Waals surface area contributed by atoms with E-state index in [1.54, 1.807) is 6.07 Å². The van der Waals surface area contributed by atoms with Gasteiger partial charge in [0.05, 0.1) is 34.9 Å². The van der Waals surface area contributed by atoms with Crippen LogP contribution in [-0.4, -0.2) is 64.2 Å². The first-order chi connectivity index (χ1) is 18.0. The van der Waals surface area contributed by atoms with Gasteiger partial charge in [0.1, 0.15) is 28.3 Å². The number of hydrogen-bond acceptors (Lipinski definition) is 9. The highest BCUT2D eigenvalue weighted by atomic mass is 32.1. The summed E-state index contributed by atoms with van der Waals surface area (Å²) >= 11 is 1.36. The Hall–Kier alpha value is -4.23. The number of aromatic nitrogens is 6. The molecular formula is C24H23FN8O3S. The van der Waals surface area contributed by atoms with E-state index in [-0.39, 0.29) is 31.9 Å². The van der Waals surface area contributed by atoms with Gasteiger partial charge < -0.3 is 25.4 Å². The lowest BCUT2D eigenvalue weighted by Gasteiger charge is -2.17. The van der Waals surface area contributed by atoms with E-state index in [0.717, 1.165) is 16.6 Å². The molecule has 0 fully saturated rings. The lowest BCUT2D eigenvalue weighted by Crippen LogP contribution is -2.33. The highest BCUT2D eigenvalue weighted by Gasteiger charge is 2.16. The summed E-state index contributed by atoms with van der Waals surface area (Å²) in [4.78, 5) is 38.6. The van der Waals surface area contributed by atoms with Crippen LogP contribution in [0.4, 0.5) is 15.0 Å². The standard InChI is InChI=1S/C24H23FN8O3S/c25-15-2-1-7-26-18(15)11-27-22-21-23(29-13-28-22)37-20(32-21)6-9-33(24(35)36)8-5-19-30-16-4-3-14(12-34)10-17(16)31-19/h1-4,7,10,13,34H,5-6,8-9,11-12H2,(H,30,31)(H,35,36)(H,27,28,29). The average molecular weight is 523 g/mol. The first kappa shape index (κ1) is 24.5. The number of aliphatic hydroxyl groups is 1. The SMILES string of the molecule is O=C(O)N(CCc1nc2ccc(CO)cc2[nH]1)CCc1nc2c(NCc3ncccc3F)ncnc2s1. The van der Waals surface area contributed by atoms with Crippen molar-refractivity contribution in [1.82, 2.24) is 34.8 Å². The molecule has 5 rings (SSSR count). The Balaban J connectivity index is 1.23. The number of anilines is 1. The number of amides is 1. The number of fused-ring (bicyclic) bond motifs is 2. The van der Waals surface area contributed by atoms with Gasteiger partial charge in [0, 0.05) is 32.1 Å². The second-order valence-electron chi connectivity index (χ2n) is 8.23. The van der Waals surface area contributed by atoms with Crippen molar-refractivity contribution >= 4 is 44.6 Å². The molecule has 13 heteroatoms. The topological polar surface area (TPSA) is 153 Å². The fourth-order valence-corrected chi connectivity index (χ4v) is 4.74. The molecule has 5 aromatic rings. The number of carboxylic acid groups (broad SMARTS) is 1. The van der Waals surface area contributed by atoms with E-state index in [0.29, 0.717) is 39.8 Å². The van der Waals surface area contributed by atoms with Crippen molar-refractivity contribution in [2.24, 2.45) is 0 Å². The molecule has 37 heavy (non-hydrogen) atoms. The van der Waals surface area contributed by atoms with Gasteiger partial charge in [-0.3, -0.25) is 4.98 Å². The van der Waals surface area contributed by atoms with E-state index in [2.05, 4.69) is 35.2 Å². The number of rotatable bonds is 10. The molecular weight excluding hydrogens is 499 g/mol. The summed E-state index contributed by atoms with van der Waals surface area (Å²) < 4.78 is 13.9. The van der Waals surface area contributed by atoms with Gasteiger partial charge in [-0.2, -0.15) is 0 Å². The van der Waals surface area contributed by atoms with Gasteiger partial charge >= 0.3 is 6.09 Å². The van der Waals surface area contributed by atoms with Crippen LogP contribution in [0, 0.1) is 5.82 Å². The Morgan fingerprint density at radius 3 is 2.81 bits per heavy atom. The first-order valence-corrected chi connectivity index (χ1v) is 12.3. The van der Waals surface area contributed by atoms with E-state index >= 15 is 0 Å². The predicted molar refractivity (Wildman–Crippen MR) is 136 cm³/mol. The largest absolute Gasteiger partial charge is 0.465 e. The number of nitrogens with one attached hydrogen (secondary N) is 2. The van der Waals surface area contributed by atoms with Gasteiger partial charge in [-0.1, -0.05) is 17.4 Å². The minimum Gasteiger partial charge on any atom is -0.465 e. The summed E-state index contributed by atoms with van der Waals surface area (Å²) in [6.45, 7) is 0.588. The van der Waals surface area contributed by atoms with E-state index in [1.807, 2.05) is 12.1 Å². The van der Waals surface area contributed by atoms with E-state index in [9.17, 15) is 19.4 Å². The maximum absolute atomic E-state index is 13.9. The molecule has 0 radical (unpaired) electrons. The number of imidazole rings is 1. The Morgan fingerprint density at radius 1 is 1.14 bits per heavy atom. The molecule has 0 spiro atoms. The molecule has 0 aliphatic carbocycles. The molecule has 0 unspecified atom stereocenters. The summed E-state index contributed by atoms with van der Waals surface area (Å²) in [7, 11) is 0. The molecule has 0 aliphatic heterocycles. The number of nitrogens with zero attached hydrogens (tertiary/aromatic N) is 6. The third-order valence-electron chi connectivity index (χ3n) is 5.76. The lowest BCUT2D eigenvalue weighted by molar-refractivity contribution is 0.146. The normalized spacial score (nSPS) is 11.3.